The molecule has 0 saturated carbocycles. The summed E-state index contributed by atoms with van der Waals surface area (Å²) in [5.74, 6) is 0.833. The average Bonchev–Trinajstić information content (AvgIpc) is 3.25. The second-order valence-electron chi connectivity index (χ2n) is 7.28. The number of fused-ring (bicyclic) bond motifs is 1. The molecule has 2 aromatic heterocycles. The number of carbonyl (C=O) groups is 1. The van der Waals surface area contributed by atoms with Crippen LogP contribution in [0.25, 0.3) is 11.6 Å². The number of anilines is 2. The van der Waals surface area contributed by atoms with Crippen LogP contribution in [0.1, 0.15) is 16.3 Å². The van der Waals surface area contributed by atoms with Gasteiger partial charge in [-0.1, -0.05) is 0 Å². The van der Waals surface area contributed by atoms with E-state index < -0.39 is 0 Å². The summed E-state index contributed by atoms with van der Waals surface area (Å²) in [5, 5.41) is 15.0. The van der Waals surface area contributed by atoms with E-state index >= 15 is 0 Å². The Kier molecular flexibility index (Phi) is 4.98. The second kappa shape index (κ2) is 7.93. The molecule has 1 N–H and O–H groups in total. The van der Waals surface area contributed by atoms with Gasteiger partial charge in [-0.25, -0.2) is 14.8 Å². The van der Waals surface area contributed by atoms with Gasteiger partial charge in [-0.2, -0.15) is 5.26 Å². The van der Waals surface area contributed by atoms with Gasteiger partial charge >= 0.3 is 6.09 Å². The smallest absolute Gasteiger partial charge is 0.410 e. The zero-order valence-electron chi connectivity index (χ0n) is 16.2. The summed E-state index contributed by atoms with van der Waals surface area (Å²) in [6, 6.07) is 4.08. The quantitative estimate of drug-likeness (QED) is 0.798. The molecule has 3 aliphatic rings. The van der Waals surface area contributed by atoms with Crippen LogP contribution in [0.2, 0.25) is 0 Å². The highest BCUT2D eigenvalue weighted by molar-refractivity contribution is 7.10. The fourth-order valence-corrected chi connectivity index (χ4v) is 4.43. The molecule has 154 valence electrons. The minimum Gasteiger partial charge on any atom is -0.441 e. The zero-order valence-corrected chi connectivity index (χ0v) is 17.0. The molecule has 0 spiro atoms. The number of thiazole rings is 1. The lowest BCUT2D eigenvalue weighted by atomic mass is 10.1. The van der Waals surface area contributed by atoms with Gasteiger partial charge in [0.1, 0.15) is 16.9 Å². The highest BCUT2D eigenvalue weighted by atomic mass is 32.1. The first-order valence-corrected chi connectivity index (χ1v) is 10.7. The number of hydrogen-bond acceptors (Lipinski definition) is 9. The summed E-state index contributed by atoms with van der Waals surface area (Å²) in [6.45, 7) is 4.23. The number of nitrogens with zero attached hydrogens (tertiary/aromatic N) is 5. The van der Waals surface area contributed by atoms with Gasteiger partial charge in [0.15, 0.2) is 11.8 Å². The van der Waals surface area contributed by atoms with E-state index in [9.17, 15) is 4.79 Å². The lowest BCUT2D eigenvalue weighted by Crippen LogP contribution is -2.51. The van der Waals surface area contributed by atoms with Crippen LogP contribution in [0.5, 0.6) is 0 Å². The summed E-state index contributed by atoms with van der Waals surface area (Å²) in [4.78, 5) is 25.1. The van der Waals surface area contributed by atoms with Crippen molar-refractivity contribution in [1.82, 2.24) is 14.9 Å². The van der Waals surface area contributed by atoms with Gasteiger partial charge in [0.2, 0.25) is 0 Å². The van der Waals surface area contributed by atoms with Crippen LogP contribution in [0, 0.1) is 11.3 Å². The van der Waals surface area contributed by atoms with E-state index in [0.29, 0.717) is 51.6 Å². The number of ether oxygens (including phenoxy) is 2. The maximum absolute atomic E-state index is 12.3. The molecule has 10 heteroatoms. The zero-order chi connectivity index (χ0) is 20.5. The lowest BCUT2D eigenvalue weighted by molar-refractivity contribution is -0.104. The number of hydrogen-bond donors (Lipinski definition) is 1. The van der Waals surface area contributed by atoms with Crippen molar-refractivity contribution in [1.29, 1.82) is 5.26 Å². The molecule has 0 aliphatic carbocycles. The minimum atomic E-state index is -0.263. The highest BCUT2D eigenvalue weighted by Gasteiger charge is 2.29. The first kappa shape index (κ1) is 18.8. The molecular weight excluding hydrogens is 404 g/mol. The molecule has 1 amide bonds. The van der Waals surface area contributed by atoms with Crippen molar-refractivity contribution in [2.75, 3.05) is 56.2 Å². The van der Waals surface area contributed by atoms with Gasteiger partial charge in [-0.15, -0.1) is 11.3 Å². The maximum atomic E-state index is 12.3. The Labute approximate surface area is 177 Å². The van der Waals surface area contributed by atoms with Crippen molar-refractivity contribution in [2.24, 2.45) is 0 Å². The Morgan fingerprint density at radius 1 is 1.33 bits per heavy atom. The van der Waals surface area contributed by atoms with E-state index in [0.717, 1.165) is 27.6 Å². The first-order chi connectivity index (χ1) is 14.7. The number of nitrogens with one attached hydrogen (secondary N) is 1. The maximum Gasteiger partial charge on any atom is 0.410 e. The number of piperazine rings is 1. The van der Waals surface area contributed by atoms with Gasteiger partial charge in [-0.05, 0) is 12.1 Å². The Hall–Kier alpha value is -3.16. The first-order valence-electron chi connectivity index (χ1n) is 9.79. The van der Waals surface area contributed by atoms with Crippen LogP contribution in [0.3, 0.4) is 0 Å². The van der Waals surface area contributed by atoms with Crippen molar-refractivity contribution in [3.8, 4) is 6.07 Å². The fourth-order valence-electron chi connectivity index (χ4n) is 3.67. The predicted molar refractivity (Wildman–Crippen MR) is 112 cm³/mol. The summed E-state index contributed by atoms with van der Waals surface area (Å²) >= 11 is 1.47. The van der Waals surface area contributed by atoms with Gasteiger partial charge in [0.05, 0.1) is 13.2 Å². The molecule has 5 rings (SSSR count). The number of aromatic nitrogens is 2. The summed E-state index contributed by atoms with van der Waals surface area (Å²) in [6.07, 6.45) is 3.53. The summed E-state index contributed by atoms with van der Waals surface area (Å²) in [7, 11) is 0. The van der Waals surface area contributed by atoms with Crippen molar-refractivity contribution >= 4 is 40.6 Å². The molecule has 3 aliphatic heterocycles. The largest absolute Gasteiger partial charge is 0.441 e. The third-order valence-electron chi connectivity index (χ3n) is 5.38. The van der Waals surface area contributed by atoms with E-state index in [2.05, 4.69) is 32.3 Å². The number of rotatable bonds is 3. The normalized spacial score (nSPS) is 18.6. The van der Waals surface area contributed by atoms with Crippen molar-refractivity contribution in [3.63, 3.8) is 0 Å². The van der Waals surface area contributed by atoms with Gasteiger partial charge in [0.25, 0.3) is 0 Å². The van der Waals surface area contributed by atoms with Crippen LogP contribution < -0.4 is 10.2 Å². The molecule has 9 nitrogen and oxygen atoms in total. The summed E-state index contributed by atoms with van der Waals surface area (Å²) in [5.41, 5.74) is 3.55. The lowest BCUT2D eigenvalue weighted by Gasteiger charge is -2.38. The second-order valence-corrected chi connectivity index (χ2v) is 8.14. The Morgan fingerprint density at radius 3 is 2.87 bits per heavy atom. The van der Waals surface area contributed by atoms with Crippen molar-refractivity contribution < 1.29 is 14.3 Å². The van der Waals surface area contributed by atoms with Crippen LogP contribution in [0.4, 0.5) is 16.3 Å². The SMILES string of the molecule is N#Cc1csc(C2=Cc3c(N4CCN(C(=O)OC5COC5)CC4)ccnc3NC2)n1. The van der Waals surface area contributed by atoms with Crippen molar-refractivity contribution in [2.45, 2.75) is 6.10 Å². The standard InChI is InChI=1S/C20H20N6O3S/c21-8-14-12-30-19(24-14)13-7-16-17(1-2-22-18(16)23-9-13)25-3-5-26(6-4-25)20(27)29-15-10-28-11-15/h1-2,7,12,15H,3-6,9-11H2,(H,22,23). The van der Waals surface area contributed by atoms with Crippen LogP contribution in [-0.4, -0.2) is 73.0 Å². The molecule has 0 radical (unpaired) electrons. The molecule has 2 aromatic rings. The van der Waals surface area contributed by atoms with Crippen LogP contribution in [0.15, 0.2) is 17.6 Å². The molecule has 0 bridgehead atoms. The monoisotopic (exact) mass is 424 g/mol. The Morgan fingerprint density at radius 2 is 2.17 bits per heavy atom. The third kappa shape index (κ3) is 3.58. The van der Waals surface area contributed by atoms with Crippen molar-refractivity contribution in [3.05, 3.63) is 33.9 Å². The van der Waals surface area contributed by atoms with E-state index in [-0.39, 0.29) is 12.2 Å². The van der Waals surface area contributed by atoms with E-state index in [1.54, 1.807) is 16.5 Å². The van der Waals surface area contributed by atoms with Crippen LogP contribution >= 0.6 is 11.3 Å². The Bertz CT molecular complexity index is 1030. The molecule has 5 heterocycles. The molecule has 0 unspecified atom stereocenters. The molecule has 0 aromatic carbocycles. The molecule has 0 atom stereocenters. The number of pyridine rings is 1. The average molecular weight is 424 g/mol. The Balaban J connectivity index is 1.32. The van der Waals surface area contributed by atoms with E-state index in [1.807, 2.05) is 6.07 Å². The fraction of sp³-hybridized carbons (Fsp3) is 0.400. The van der Waals surface area contributed by atoms with E-state index in [1.165, 1.54) is 11.3 Å². The topological polar surface area (TPSA) is 104 Å². The number of amides is 1. The predicted octanol–water partition coefficient (Wildman–Crippen LogP) is 2.03. The number of carbonyl (C=O) groups excluding carboxylic acids is 1. The van der Waals surface area contributed by atoms with Crippen LogP contribution in [-0.2, 0) is 9.47 Å². The van der Waals surface area contributed by atoms with Gasteiger partial charge in [0, 0.05) is 61.1 Å². The van der Waals surface area contributed by atoms with Gasteiger partial charge in [-0.3, -0.25) is 0 Å². The molecule has 2 fully saturated rings. The highest BCUT2D eigenvalue weighted by Crippen LogP contribution is 2.35. The minimum absolute atomic E-state index is 0.107. The third-order valence-corrected chi connectivity index (χ3v) is 6.30. The molecule has 2 saturated heterocycles. The number of nitriles is 1. The molecular formula is C20H20N6O3S. The van der Waals surface area contributed by atoms with E-state index in [4.69, 9.17) is 14.7 Å². The molecule has 30 heavy (non-hydrogen) atoms. The summed E-state index contributed by atoms with van der Waals surface area (Å²) < 4.78 is 10.5. The van der Waals surface area contributed by atoms with Gasteiger partial charge < -0.3 is 24.6 Å².